The second kappa shape index (κ2) is 9.69. The van der Waals surface area contributed by atoms with Crippen molar-refractivity contribution < 1.29 is 14.3 Å². The van der Waals surface area contributed by atoms with Crippen LogP contribution in [0, 0.1) is 0 Å². The zero-order valence-corrected chi connectivity index (χ0v) is 18.0. The molecule has 29 heavy (non-hydrogen) atoms. The Kier molecular flexibility index (Phi) is 7.56. The van der Waals surface area contributed by atoms with E-state index in [-0.39, 0.29) is 18.3 Å². The largest absolute Gasteiger partial charge is 0.443 e. The van der Waals surface area contributed by atoms with Gasteiger partial charge in [0.05, 0.1) is 5.84 Å². The predicted octanol–water partition coefficient (Wildman–Crippen LogP) is 3.35. The van der Waals surface area contributed by atoms with Gasteiger partial charge in [-0.1, -0.05) is 37.3 Å². The molecule has 1 aliphatic rings. The number of nitrogens with two attached hydrogens (primary N) is 1. The molecule has 1 aliphatic heterocycles. The minimum atomic E-state index is -0.683. The monoisotopic (exact) mass is 400 g/mol. The number of amidine groups is 1. The highest BCUT2D eigenvalue weighted by molar-refractivity contribution is 6.05. The number of hydrogen-bond acceptors (Lipinski definition) is 5. The van der Waals surface area contributed by atoms with Crippen LogP contribution >= 0.6 is 0 Å². The molecule has 7 heteroatoms. The summed E-state index contributed by atoms with van der Waals surface area (Å²) in [7, 11) is 0. The highest BCUT2D eigenvalue weighted by Crippen LogP contribution is 2.25. The van der Waals surface area contributed by atoms with Gasteiger partial charge in [-0.15, -0.1) is 0 Å². The molecule has 158 valence electrons. The molecule has 0 aliphatic carbocycles. The first-order valence-electron chi connectivity index (χ1n) is 10.0. The van der Waals surface area contributed by atoms with Crippen molar-refractivity contribution >= 4 is 17.8 Å². The molecule has 0 saturated carbocycles. The van der Waals surface area contributed by atoms with E-state index in [1.165, 1.54) is 0 Å². The summed E-state index contributed by atoms with van der Waals surface area (Å²) in [6.07, 6.45) is 0.376. The lowest BCUT2D eigenvalue weighted by atomic mass is 9.98. The van der Waals surface area contributed by atoms with E-state index in [1.807, 2.05) is 44.2 Å². The molecule has 0 saturated heterocycles. The zero-order valence-electron chi connectivity index (χ0n) is 18.0. The summed E-state index contributed by atoms with van der Waals surface area (Å²) in [4.78, 5) is 31.0. The van der Waals surface area contributed by atoms with Crippen LogP contribution < -0.4 is 11.1 Å². The third-order valence-electron chi connectivity index (χ3n) is 4.57. The third-order valence-corrected chi connectivity index (χ3v) is 4.57. The zero-order chi connectivity index (χ0) is 21.6. The fourth-order valence-electron chi connectivity index (χ4n) is 2.96. The molecule has 7 nitrogen and oxygen atoms in total. The molecule has 2 amide bonds. The van der Waals surface area contributed by atoms with Crippen molar-refractivity contribution in [2.24, 2.45) is 10.7 Å². The number of aliphatic imine (C=N–C) groups is 1. The molecule has 0 aromatic heterocycles. The Balaban J connectivity index is 2.26. The molecule has 1 atom stereocenters. The highest BCUT2D eigenvalue weighted by atomic mass is 16.6. The van der Waals surface area contributed by atoms with Crippen molar-refractivity contribution in [3.8, 4) is 0 Å². The van der Waals surface area contributed by atoms with E-state index in [1.54, 1.807) is 20.8 Å². The van der Waals surface area contributed by atoms with Gasteiger partial charge in [-0.25, -0.2) is 14.7 Å². The molecule has 0 fully saturated rings. The fourth-order valence-corrected chi connectivity index (χ4v) is 2.96. The van der Waals surface area contributed by atoms with E-state index in [0.717, 1.165) is 16.0 Å². The number of hydrogen-bond donors (Lipinski definition) is 2. The van der Waals surface area contributed by atoms with E-state index in [2.05, 4.69) is 10.3 Å². The Hall–Kier alpha value is -2.67. The Morgan fingerprint density at radius 2 is 1.97 bits per heavy atom. The van der Waals surface area contributed by atoms with Crippen LogP contribution in [0.15, 0.2) is 46.6 Å². The predicted molar refractivity (Wildman–Crippen MR) is 114 cm³/mol. The van der Waals surface area contributed by atoms with Gasteiger partial charge in [0.15, 0.2) is 0 Å². The lowest BCUT2D eigenvalue weighted by molar-refractivity contribution is -0.127. The van der Waals surface area contributed by atoms with Gasteiger partial charge >= 0.3 is 6.09 Å². The van der Waals surface area contributed by atoms with Gasteiger partial charge in [0.2, 0.25) is 0 Å². The second-order valence-electron chi connectivity index (χ2n) is 8.11. The standard InChI is InChI=1S/C22H32N4O3/c1-6-18(23)25-19-17(15(2)24-14-16-10-8-7-9-11-16)12-13-26(20(19)27)21(28)29-22(3,4)5/h7-11,15,24H,6,12-14H2,1-5H3,(H2,23,25). The molecule has 1 unspecified atom stereocenters. The Morgan fingerprint density at radius 3 is 2.55 bits per heavy atom. The number of nitrogens with zero attached hydrogens (tertiary/aromatic N) is 2. The summed E-state index contributed by atoms with van der Waals surface area (Å²) in [5.74, 6) is -0.114. The maximum atomic E-state index is 13.1. The number of ether oxygens (including phenoxy) is 1. The number of benzene rings is 1. The molecule has 0 spiro atoms. The lowest BCUT2D eigenvalue weighted by Gasteiger charge is -2.31. The van der Waals surface area contributed by atoms with Crippen molar-refractivity contribution in [1.29, 1.82) is 0 Å². The van der Waals surface area contributed by atoms with E-state index in [9.17, 15) is 9.59 Å². The first-order valence-corrected chi connectivity index (χ1v) is 10.0. The van der Waals surface area contributed by atoms with Crippen LogP contribution in [0.4, 0.5) is 4.79 Å². The quantitative estimate of drug-likeness (QED) is 0.564. The topological polar surface area (TPSA) is 97.0 Å². The molecule has 1 heterocycles. The summed E-state index contributed by atoms with van der Waals surface area (Å²) in [5.41, 5.74) is 7.47. The van der Waals surface area contributed by atoms with Crippen molar-refractivity contribution in [2.45, 2.75) is 65.6 Å². The van der Waals surface area contributed by atoms with Crippen LogP contribution in [0.2, 0.25) is 0 Å². The van der Waals surface area contributed by atoms with E-state index in [0.29, 0.717) is 25.2 Å². The third kappa shape index (κ3) is 6.42. The first-order chi connectivity index (χ1) is 13.6. The molecule has 2 rings (SSSR count). The van der Waals surface area contributed by atoms with Crippen LogP contribution in [0.3, 0.4) is 0 Å². The van der Waals surface area contributed by atoms with Gasteiger partial charge < -0.3 is 15.8 Å². The molecule has 1 aromatic rings. The Morgan fingerprint density at radius 1 is 1.31 bits per heavy atom. The number of nitrogens with one attached hydrogen (secondary N) is 1. The number of imide groups is 1. The van der Waals surface area contributed by atoms with Crippen LogP contribution in [0.5, 0.6) is 0 Å². The fraction of sp³-hybridized carbons (Fsp3) is 0.500. The Bertz CT molecular complexity index is 794. The van der Waals surface area contributed by atoms with E-state index in [4.69, 9.17) is 10.5 Å². The Labute approximate surface area is 173 Å². The maximum Gasteiger partial charge on any atom is 0.417 e. The lowest BCUT2D eigenvalue weighted by Crippen LogP contribution is -2.46. The van der Waals surface area contributed by atoms with Crippen LogP contribution in [-0.4, -0.2) is 40.9 Å². The van der Waals surface area contributed by atoms with Crippen LogP contribution in [0.1, 0.15) is 53.0 Å². The van der Waals surface area contributed by atoms with Gasteiger partial charge in [-0.3, -0.25) is 4.79 Å². The number of carbonyl (C=O) groups excluding carboxylic acids is 2. The average Bonchev–Trinajstić information content (AvgIpc) is 2.66. The maximum absolute atomic E-state index is 13.1. The van der Waals surface area contributed by atoms with Crippen molar-refractivity contribution in [3.05, 3.63) is 47.2 Å². The first kappa shape index (κ1) is 22.6. The second-order valence-corrected chi connectivity index (χ2v) is 8.11. The summed E-state index contributed by atoms with van der Waals surface area (Å²) in [5, 5.41) is 3.44. The van der Waals surface area contributed by atoms with Crippen molar-refractivity contribution in [2.75, 3.05) is 6.54 Å². The van der Waals surface area contributed by atoms with Crippen LogP contribution in [-0.2, 0) is 16.1 Å². The summed E-state index contributed by atoms with van der Waals surface area (Å²) in [6, 6.07) is 9.93. The summed E-state index contributed by atoms with van der Waals surface area (Å²) >= 11 is 0. The van der Waals surface area contributed by atoms with Gasteiger partial charge in [-0.2, -0.15) is 0 Å². The van der Waals surface area contributed by atoms with Gasteiger partial charge in [-0.05, 0) is 45.3 Å². The van der Waals surface area contributed by atoms with Crippen molar-refractivity contribution in [1.82, 2.24) is 10.2 Å². The number of carbonyl (C=O) groups is 2. The molecular weight excluding hydrogens is 368 g/mol. The average molecular weight is 401 g/mol. The molecular formula is C22H32N4O3. The normalized spacial score (nSPS) is 16.8. The molecule has 3 N–H and O–H groups in total. The SMILES string of the molecule is CCC(N)=NC1=C(C(C)NCc2ccccc2)CCN(C(=O)OC(C)(C)C)C1=O. The van der Waals surface area contributed by atoms with Crippen LogP contribution in [0.25, 0.3) is 0 Å². The smallest absolute Gasteiger partial charge is 0.417 e. The number of amides is 2. The summed E-state index contributed by atoms with van der Waals surface area (Å²) < 4.78 is 5.38. The minimum absolute atomic E-state index is 0.0941. The van der Waals surface area contributed by atoms with Gasteiger partial charge in [0.1, 0.15) is 11.3 Å². The summed E-state index contributed by atoms with van der Waals surface area (Å²) in [6.45, 7) is 10.1. The van der Waals surface area contributed by atoms with Crippen molar-refractivity contribution in [3.63, 3.8) is 0 Å². The van der Waals surface area contributed by atoms with E-state index >= 15 is 0 Å². The van der Waals surface area contributed by atoms with Gasteiger partial charge in [0.25, 0.3) is 5.91 Å². The highest BCUT2D eigenvalue weighted by Gasteiger charge is 2.35. The minimum Gasteiger partial charge on any atom is -0.443 e. The molecule has 0 bridgehead atoms. The molecule has 1 aromatic carbocycles. The van der Waals surface area contributed by atoms with E-state index < -0.39 is 17.6 Å². The van der Waals surface area contributed by atoms with Gasteiger partial charge in [0, 0.05) is 25.6 Å². The molecule has 0 radical (unpaired) electrons. The number of rotatable bonds is 6.